The predicted molar refractivity (Wildman–Crippen MR) is 67.3 cm³/mol. The zero-order valence-electron chi connectivity index (χ0n) is 10.9. The Morgan fingerprint density at radius 2 is 2.00 bits per heavy atom. The molecule has 1 atom stereocenters. The van der Waals surface area contributed by atoms with Crippen molar-refractivity contribution < 1.29 is 26.0 Å². The molecule has 0 radical (unpaired) electrons. The lowest BCUT2D eigenvalue weighted by molar-refractivity contribution is -0.140. The first-order valence-corrected chi connectivity index (χ1v) is 7.67. The van der Waals surface area contributed by atoms with E-state index in [1.165, 1.54) is 0 Å². The van der Waals surface area contributed by atoms with Crippen LogP contribution in [-0.2, 0) is 16.2 Å². The Morgan fingerprint density at radius 3 is 2.52 bits per heavy atom. The van der Waals surface area contributed by atoms with E-state index < -0.39 is 32.5 Å². The van der Waals surface area contributed by atoms with Gasteiger partial charge in [-0.05, 0) is 37.1 Å². The molecule has 1 aliphatic heterocycles. The Hall–Kier alpha value is -1.19. The molecule has 4 nitrogen and oxygen atoms in total. The number of alkyl halides is 3. The number of hydrogen-bond acceptors (Lipinski definition) is 3. The Bertz CT molecular complexity index is 631. The van der Waals surface area contributed by atoms with Crippen LogP contribution in [0, 0.1) is 11.7 Å². The quantitative estimate of drug-likeness (QED) is 0.862. The average Bonchev–Trinajstić information content (AvgIpc) is 2.86. The van der Waals surface area contributed by atoms with Crippen molar-refractivity contribution in [2.45, 2.75) is 17.5 Å². The Morgan fingerprint density at radius 1 is 1.33 bits per heavy atom. The second-order valence-corrected chi connectivity index (χ2v) is 6.80. The molecule has 1 unspecified atom stereocenters. The topological polar surface area (TPSA) is 63.4 Å². The van der Waals surface area contributed by atoms with Crippen LogP contribution in [0.4, 0.5) is 17.6 Å². The normalized spacial score (nSPS) is 20.9. The van der Waals surface area contributed by atoms with Crippen LogP contribution < -0.4 is 5.73 Å². The van der Waals surface area contributed by atoms with Gasteiger partial charge in [-0.25, -0.2) is 12.8 Å². The highest BCUT2D eigenvalue weighted by molar-refractivity contribution is 7.89. The number of sulfonamides is 1. The Kier molecular flexibility index (Phi) is 4.27. The van der Waals surface area contributed by atoms with Crippen LogP contribution in [0.5, 0.6) is 0 Å². The van der Waals surface area contributed by atoms with Gasteiger partial charge in [0.15, 0.2) is 0 Å². The summed E-state index contributed by atoms with van der Waals surface area (Å²) in [7, 11) is -4.32. The average molecular weight is 326 g/mol. The molecule has 0 aliphatic carbocycles. The zero-order chi connectivity index (χ0) is 15.8. The first kappa shape index (κ1) is 16.2. The number of rotatable bonds is 3. The molecule has 1 aromatic rings. The van der Waals surface area contributed by atoms with Crippen molar-refractivity contribution in [1.82, 2.24) is 4.31 Å². The van der Waals surface area contributed by atoms with Gasteiger partial charge in [-0.1, -0.05) is 0 Å². The number of halogens is 4. The molecule has 0 saturated carbocycles. The molecule has 0 spiro atoms. The van der Waals surface area contributed by atoms with Gasteiger partial charge in [0, 0.05) is 13.1 Å². The minimum absolute atomic E-state index is 0.0745. The van der Waals surface area contributed by atoms with Gasteiger partial charge in [0.05, 0.1) is 10.5 Å². The highest BCUT2D eigenvalue weighted by Gasteiger charge is 2.41. The lowest BCUT2D eigenvalue weighted by Crippen LogP contribution is -2.31. The van der Waals surface area contributed by atoms with Crippen molar-refractivity contribution in [2.24, 2.45) is 11.7 Å². The highest BCUT2D eigenvalue weighted by atomic mass is 32.2. The van der Waals surface area contributed by atoms with Crippen molar-refractivity contribution in [3.05, 3.63) is 29.6 Å². The lowest BCUT2D eigenvalue weighted by Gasteiger charge is -2.19. The maximum atomic E-state index is 13.0. The van der Waals surface area contributed by atoms with Crippen molar-refractivity contribution in [1.29, 1.82) is 0 Å². The van der Waals surface area contributed by atoms with E-state index in [2.05, 4.69) is 0 Å². The molecule has 1 fully saturated rings. The van der Waals surface area contributed by atoms with Crippen LogP contribution in [0.25, 0.3) is 0 Å². The summed E-state index contributed by atoms with van der Waals surface area (Å²) in [5, 5.41) is 0. The summed E-state index contributed by atoms with van der Waals surface area (Å²) in [6.45, 7) is 0.452. The molecule has 1 aliphatic rings. The molecule has 9 heteroatoms. The number of hydrogen-bond donors (Lipinski definition) is 1. The zero-order valence-corrected chi connectivity index (χ0v) is 11.7. The van der Waals surface area contributed by atoms with Crippen LogP contribution in [-0.4, -0.2) is 32.4 Å². The number of nitrogens with zero attached hydrogens (tertiary/aromatic N) is 1. The first-order valence-electron chi connectivity index (χ1n) is 6.23. The van der Waals surface area contributed by atoms with E-state index >= 15 is 0 Å². The molecular weight excluding hydrogens is 312 g/mol. The molecule has 1 saturated heterocycles. The van der Waals surface area contributed by atoms with Gasteiger partial charge in [-0.15, -0.1) is 0 Å². The summed E-state index contributed by atoms with van der Waals surface area (Å²) in [5.74, 6) is -1.21. The number of benzene rings is 1. The molecule has 2 N–H and O–H groups in total. The third-order valence-corrected chi connectivity index (χ3v) is 5.37. The van der Waals surface area contributed by atoms with Crippen LogP contribution in [0.15, 0.2) is 23.1 Å². The van der Waals surface area contributed by atoms with E-state index in [1.807, 2.05) is 0 Å². The molecule has 0 amide bonds. The van der Waals surface area contributed by atoms with Gasteiger partial charge >= 0.3 is 6.18 Å². The third kappa shape index (κ3) is 3.19. The summed E-state index contributed by atoms with van der Waals surface area (Å²) in [4.78, 5) is -0.922. The van der Waals surface area contributed by atoms with Crippen molar-refractivity contribution in [3.8, 4) is 0 Å². The molecule has 118 valence electrons. The minimum atomic E-state index is -4.95. The largest absolute Gasteiger partial charge is 0.417 e. The molecule has 1 aromatic carbocycles. The predicted octanol–water partition coefficient (Wildman–Crippen LogP) is 1.81. The van der Waals surface area contributed by atoms with Crippen LogP contribution in [0.1, 0.15) is 12.0 Å². The molecule has 0 aromatic heterocycles. The molecule has 2 rings (SSSR count). The maximum absolute atomic E-state index is 13.0. The van der Waals surface area contributed by atoms with E-state index in [9.17, 15) is 26.0 Å². The summed E-state index contributed by atoms with van der Waals surface area (Å²) >= 11 is 0. The van der Waals surface area contributed by atoms with Gasteiger partial charge in [0.2, 0.25) is 10.0 Å². The molecule has 0 bridgehead atoms. The lowest BCUT2D eigenvalue weighted by atomic mass is 10.1. The smallest absolute Gasteiger partial charge is 0.330 e. The fraction of sp³-hybridized carbons (Fsp3) is 0.500. The summed E-state index contributed by atoms with van der Waals surface area (Å²) in [6, 6.07) is 1.56. The fourth-order valence-electron chi connectivity index (χ4n) is 2.30. The second kappa shape index (κ2) is 5.54. The van der Waals surface area contributed by atoms with Gasteiger partial charge < -0.3 is 5.73 Å². The van der Waals surface area contributed by atoms with E-state index in [0.717, 1.165) is 4.31 Å². The van der Waals surface area contributed by atoms with Crippen LogP contribution in [0.2, 0.25) is 0 Å². The summed E-state index contributed by atoms with van der Waals surface area (Å²) in [6.07, 6.45) is -4.45. The van der Waals surface area contributed by atoms with Gasteiger partial charge in [-0.2, -0.15) is 17.5 Å². The standard InChI is InChI=1S/C12H14F4N2O2S/c13-9-1-2-11(10(5-9)12(14,15)16)21(19,20)18-4-3-8(6-17)7-18/h1-2,5,8H,3-4,6-7,17H2. The molecular formula is C12H14F4N2O2S. The minimum Gasteiger partial charge on any atom is -0.330 e. The van der Waals surface area contributed by atoms with Crippen molar-refractivity contribution in [3.63, 3.8) is 0 Å². The van der Waals surface area contributed by atoms with E-state index in [4.69, 9.17) is 5.73 Å². The Labute approximate surface area is 119 Å². The van der Waals surface area contributed by atoms with Gasteiger partial charge in [-0.3, -0.25) is 0 Å². The van der Waals surface area contributed by atoms with Gasteiger partial charge in [0.25, 0.3) is 0 Å². The van der Waals surface area contributed by atoms with Crippen LogP contribution in [0.3, 0.4) is 0 Å². The fourth-order valence-corrected chi connectivity index (χ4v) is 4.02. The maximum Gasteiger partial charge on any atom is 0.417 e. The van der Waals surface area contributed by atoms with E-state index in [1.54, 1.807) is 0 Å². The van der Waals surface area contributed by atoms with Crippen molar-refractivity contribution >= 4 is 10.0 Å². The SMILES string of the molecule is NCC1CCN(S(=O)(=O)c2ccc(F)cc2C(F)(F)F)C1. The number of nitrogens with two attached hydrogens (primary N) is 1. The summed E-state index contributed by atoms with van der Waals surface area (Å²) < 4.78 is 77.4. The van der Waals surface area contributed by atoms with Gasteiger partial charge in [0.1, 0.15) is 5.82 Å². The monoisotopic (exact) mass is 326 g/mol. The van der Waals surface area contributed by atoms with Crippen LogP contribution >= 0.6 is 0 Å². The first-order chi connectivity index (χ1) is 9.66. The Balaban J connectivity index is 2.46. The third-order valence-electron chi connectivity index (χ3n) is 3.45. The highest BCUT2D eigenvalue weighted by Crippen LogP contribution is 2.36. The summed E-state index contributed by atoms with van der Waals surface area (Å²) in [5.41, 5.74) is 3.96. The molecule has 21 heavy (non-hydrogen) atoms. The van der Waals surface area contributed by atoms with Crippen molar-refractivity contribution in [2.75, 3.05) is 19.6 Å². The second-order valence-electron chi connectivity index (χ2n) is 4.89. The molecule has 1 heterocycles. The van der Waals surface area contributed by atoms with E-state index in [0.29, 0.717) is 18.6 Å². The van der Waals surface area contributed by atoms with E-state index in [-0.39, 0.29) is 31.6 Å².